The van der Waals surface area contributed by atoms with Gasteiger partial charge in [-0.05, 0) is 49.4 Å². The third kappa shape index (κ3) is 5.10. The smallest absolute Gasteiger partial charge is 0.321 e. The molecule has 3 fully saturated rings. The molecular formula is C22H30FN3O4. The largest absolute Gasteiger partial charge is 0.347 e. The van der Waals surface area contributed by atoms with Gasteiger partial charge in [0.15, 0.2) is 5.79 Å². The highest BCUT2D eigenvalue weighted by molar-refractivity contribution is 5.89. The van der Waals surface area contributed by atoms with Gasteiger partial charge in [0.2, 0.25) is 5.91 Å². The lowest BCUT2D eigenvalue weighted by Gasteiger charge is -2.38. The third-order valence-electron chi connectivity index (χ3n) is 6.36. The molecule has 1 aromatic carbocycles. The molecule has 3 aliphatic heterocycles. The minimum atomic E-state index is -0.460. The Morgan fingerprint density at radius 1 is 1.07 bits per heavy atom. The van der Waals surface area contributed by atoms with Gasteiger partial charge in [-0.25, -0.2) is 9.18 Å². The fraction of sp³-hybridized carbons (Fsp3) is 0.636. The Balaban J connectivity index is 1.20. The first-order valence-electron chi connectivity index (χ1n) is 10.9. The van der Waals surface area contributed by atoms with E-state index in [2.05, 4.69) is 5.32 Å². The van der Waals surface area contributed by atoms with Crippen LogP contribution in [0.25, 0.3) is 0 Å². The maximum Gasteiger partial charge on any atom is 0.321 e. The fourth-order valence-corrected chi connectivity index (χ4v) is 4.59. The Labute approximate surface area is 176 Å². The van der Waals surface area contributed by atoms with E-state index in [1.54, 1.807) is 17.0 Å². The number of halogens is 1. The molecule has 0 saturated carbocycles. The van der Waals surface area contributed by atoms with Gasteiger partial charge >= 0.3 is 6.03 Å². The van der Waals surface area contributed by atoms with E-state index in [0.717, 1.165) is 32.1 Å². The van der Waals surface area contributed by atoms with Crippen molar-refractivity contribution in [2.75, 3.05) is 44.7 Å². The number of hydrogen-bond acceptors (Lipinski definition) is 4. The number of benzene rings is 1. The van der Waals surface area contributed by atoms with Crippen molar-refractivity contribution in [2.45, 2.75) is 44.3 Å². The Hall–Kier alpha value is -2.19. The lowest BCUT2D eigenvalue weighted by Crippen LogP contribution is -2.47. The molecule has 3 saturated heterocycles. The molecule has 1 spiro atoms. The molecule has 1 N–H and O–H groups in total. The van der Waals surface area contributed by atoms with Gasteiger partial charge in [-0.1, -0.05) is 0 Å². The second-order valence-electron chi connectivity index (χ2n) is 8.42. The Morgan fingerprint density at radius 3 is 2.47 bits per heavy atom. The summed E-state index contributed by atoms with van der Waals surface area (Å²) in [5, 5.41) is 2.82. The molecule has 30 heavy (non-hydrogen) atoms. The molecule has 1 aromatic rings. The monoisotopic (exact) mass is 419 g/mol. The Morgan fingerprint density at radius 2 is 1.77 bits per heavy atom. The number of hydrogen-bond donors (Lipinski definition) is 1. The van der Waals surface area contributed by atoms with E-state index in [1.807, 2.05) is 4.90 Å². The number of nitrogens with one attached hydrogen (secondary N) is 1. The van der Waals surface area contributed by atoms with Gasteiger partial charge in [0.05, 0.1) is 13.2 Å². The molecule has 0 aromatic heterocycles. The number of piperidine rings is 2. The minimum Gasteiger partial charge on any atom is -0.347 e. The molecule has 1 atom stereocenters. The van der Waals surface area contributed by atoms with Crippen LogP contribution in [0.15, 0.2) is 24.3 Å². The number of rotatable bonds is 4. The Bertz CT molecular complexity index is 741. The molecular weight excluding hydrogens is 389 g/mol. The summed E-state index contributed by atoms with van der Waals surface area (Å²) in [6, 6.07) is 5.59. The standard InChI is InChI=1S/C22H30FN3O4/c23-18-4-6-19(7-5-18)24-21(28)26-11-1-2-17(16-26)3-8-20(27)25-12-9-22(10-13-25)29-14-15-30-22/h4-7,17H,1-3,8-16H2,(H,24,28)/t17-/m1/s1. The Kier molecular flexibility index (Phi) is 6.53. The number of nitrogens with zero attached hydrogens (tertiary/aromatic N) is 2. The summed E-state index contributed by atoms with van der Waals surface area (Å²) in [4.78, 5) is 28.9. The van der Waals surface area contributed by atoms with Crippen molar-refractivity contribution < 1.29 is 23.5 Å². The number of amides is 3. The van der Waals surface area contributed by atoms with Gasteiger partial charge in [0, 0.05) is 51.1 Å². The summed E-state index contributed by atoms with van der Waals surface area (Å²) in [5.74, 6) is -0.295. The van der Waals surface area contributed by atoms with Crippen molar-refractivity contribution in [3.63, 3.8) is 0 Å². The first kappa shape index (κ1) is 21.1. The number of anilines is 1. The summed E-state index contributed by atoms with van der Waals surface area (Å²) in [7, 11) is 0. The van der Waals surface area contributed by atoms with Gasteiger partial charge in [0.25, 0.3) is 0 Å². The highest BCUT2D eigenvalue weighted by Gasteiger charge is 2.40. The van der Waals surface area contributed by atoms with Crippen LogP contribution in [0.5, 0.6) is 0 Å². The van der Waals surface area contributed by atoms with E-state index in [9.17, 15) is 14.0 Å². The first-order chi connectivity index (χ1) is 14.5. The van der Waals surface area contributed by atoms with Crippen molar-refractivity contribution in [3.05, 3.63) is 30.1 Å². The normalized spacial score (nSPS) is 23.6. The average Bonchev–Trinajstić information content (AvgIpc) is 3.22. The van der Waals surface area contributed by atoms with Crippen LogP contribution in [0.1, 0.15) is 38.5 Å². The maximum atomic E-state index is 13.0. The van der Waals surface area contributed by atoms with Crippen LogP contribution < -0.4 is 5.32 Å². The highest BCUT2D eigenvalue weighted by atomic mass is 19.1. The summed E-state index contributed by atoms with van der Waals surface area (Å²) in [6.07, 6.45) is 4.72. The van der Waals surface area contributed by atoms with Crippen LogP contribution >= 0.6 is 0 Å². The first-order valence-corrected chi connectivity index (χ1v) is 10.9. The second-order valence-corrected chi connectivity index (χ2v) is 8.42. The fourth-order valence-electron chi connectivity index (χ4n) is 4.59. The minimum absolute atomic E-state index is 0.171. The van der Waals surface area contributed by atoms with Crippen LogP contribution in [0.4, 0.5) is 14.9 Å². The van der Waals surface area contributed by atoms with Crippen LogP contribution in [-0.4, -0.2) is 66.9 Å². The summed E-state index contributed by atoms with van der Waals surface area (Å²) >= 11 is 0. The van der Waals surface area contributed by atoms with Crippen molar-refractivity contribution in [1.29, 1.82) is 0 Å². The van der Waals surface area contributed by atoms with Gasteiger partial charge < -0.3 is 24.6 Å². The van der Waals surface area contributed by atoms with Gasteiger partial charge in [-0.3, -0.25) is 4.79 Å². The number of urea groups is 1. The van der Waals surface area contributed by atoms with E-state index in [1.165, 1.54) is 12.1 Å². The van der Waals surface area contributed by atoms with E-state index in [0.29, 0.717) is 57.4 Å². The van der Waals surface area contributed by atoms with Crippen LogP contribution in [0.2, 0.25) is 0 Å². The molecule has 164 valence electrons. The van der Waals surface area contributed by atoms with Crippen molar-refractivity contribution in [3.8, 4) is 0 Å². The molecule has 8 heteroatoms. The molecule has 0 bridgehead atoms. The SMILES string of the molecule is O=C(CC[C@H]1CCCN(C(=O)Nc2ccc(F)cc2)C1)N1CCC2(CC1)OCCO2. The zero-order valence-corrected chi connectivity index (χ0v) is 17.3. The van der Waals surface area contributed by atoms with E-state index in [-0.39, 0.29) is 17.8 Å². The predicted molar refractivity (Wildman–Crippen MR) is 109 cm³/mol. The van der Waals surface area contributed by atoms with Crippen LogP contribution in [0, 0.1) is 11.7 Å². The van der Waals surface area contributed by atoms with Crippen molar-refractivity contribution in [1.82, 2.24) is 9.80 Å². The van der Waals surface area contributed by atoms with Crippen molar-refractivity contribution >= 4 is 17.6 Å². The number of carbonyl (C=O) groups excluding carboxylic acids is 2. The van der Waals surface area contributed by atoms with E-state index in [4.69, 9.17) is 9.47 Å². The van der Waals surface area contributed by atoms with Gasteiger partial charge in [-0.15, -0.1) is 0 Å². The van der Waals surface area contributed by atoms with E-state index < -0.39 is 5.79 Å². The molecule has 0 aliphatic carbocycles. The second kappa shape index (κ2) is 9.31. The predicted octanol–water partition coefficient (Wildman–Crippen LogP) is 3.22. The zero-order chi connectivity index (χ0) is 21.0. The molecule has 7 nitrogen and oxygen atoms in total. The van der Waals surface area contributed by atoms with Crippen LogP contribution in [0.3, 0.4) is 0 Å². The zero-order valence-electron chi connectivity index (χ0n) is 17.3. The number of ether oxygens (including phenoxy) is 2. The number of carbonyl (C=O) groups is 2. The molecule has 4 rings (SSSR count). The molecule has 3 heterocycles. The molecule has 0 radical (unpaired) electrons. The van der Waals surface area contributed by atoms with Crippen LogP contribution in [-0.2, 0) is 14.3 Å². The maximum absolute atomic E-state index is 13.0. The third-order valence-corrected chi connectivity index (χ3v) is 6.36. The topological polar surface area (TPSA) is 71.1 Å². The van der Waals surface area contributed by atoms with Gasteiger partial charge in [0.1, 0.15) is 5.82 Å². The van der Waals surface area contributed by atoms with Gasteiger partial charge in [-0.2, -0.15) is 0 Å². The molecule has 3 aliphatic rings. The lowest BCUT2D eigenvalue weighted by molar-refractivity contribution is -0.187. The number of likely N-dealkylation sites (tertiary alicyclic amines) is 2. The van der Waals surface area contributed by atoms with Crippen molar-refractivity contribution in [2.24, 2.45) is 5.92 Å². The molecule has 0 unspecified atom stereocenters. The summed E-state index contributed by atoms with van der Waals surface area (Å²) < 4.78 is 24.5. The summed E-state index contributed by atoms with van der Waals surface area (Å²) in [6.45, 7) is 3.98. The quantitative estimate of drug-likeness (QED) is 0.814. The highest BCUT2D eigenvalue weighted by Crippen LogP contribution is 2.32. The summed E-state index contributed by atoms with van der Waals surface area (Å²) in [5.41, 5.74) is 0.580. The van der Waals surface area contributed by atoms with E-state index >= 15 is 0 Å². The average molecular weight is 419 g/mol. The lowest BCUT2D eigenvalue weighted by atomic mass is 9.93. The molecule has 3 amide bonds.